The Kier molecular flexibility index (Phi) is 6.12. The molecule has 2 aliphatic rings. The highest BCUT2D eigenvalue weighted by Gasteiger charge is 2.33. The maximum absolute atomic E-state index is 10.0. The number of hydrogen-bond acceptors (Lipinski definition) is 8. The molecule has 3 aromatic rings. The lowest BCUT2D eigenvalue weighted by molar-refractivity contribution is 0.0362. The van der Waals surface area contributed by atoms with Crippen molar-refractivity contribution in [3.05, 3.63) is 64.9 Å². The fourth-order valence-electron chi connectivity index (χ4n) is 4.58. The van der Waals surface area contributed by atoms with E-state index in [1.807, 2.05) is 28.8 Å². The predicted molar refractivity (Wildman–Crippen MR) is 124 cm³/mol. The first-order chi connectivity index (χ1) is 16.6. The highest BCUT2D eigenvalue weighted by molar-refractivity contribution is 5.58. The van der Waals surface area contributed by atoms with Crippen LogP contribution in [0.1, 0.15) is 22.6 Å². The molecule has 9 nitrogen and oxygen atoms in total. The average molecular weight is 465 g/mol. The third-order valence-corrected chi connectivity index (χ3v) is 6.39. The molecule has 0 radical (unpaired) electrons. The van der Waals surface area contributed by atoms with Crippen LogP contribution in [0.15, 0.2) is 42.7 Å². The Morgan fingerprint density at radius 1 is 1.06 bits per heavy atom. The number of morpholine rings is 1. The largest absolute Gasteiger partial charge is 0.508 e. The van der Waals surface area contributed by atoms with Crippen molar-refractivity contribution in [3.63, 3.8) is 0 Å². The van der Waals surface area contributed by atoms with E-state index in [1.54, 1.807) is 32.7 Å². The molecule has 3 heterocycles. The van der Waals surface area contributed by atoms with Crippen LogP contribution in [0.5, 0.6) is 28.9 Å². The van der Waals surface area contributed by atoms with Crippen molar-refractivity contribution in [2.24, 2.45) is 0 Å². The minimum atomic E-state index is -0.324. The number of aromatic hydroxyl groups is 1. The van der Waals surface area contributed by atoms with Gasteiger partial charge in [0.25, 0.3) is 0 Å². The predicted octanol–water partition coefficient (Wildman–Crippen LogP) is 2.70. The molecule has 0 unspecified atom stereocenters. The van der Waals surface area contributed by atoms with E-state index in [0.717, 1.165) is 44.0 Å². The molecular weight excluding hydrogens is 436 g/mol. The smallest absolute Gasteiger partial charge is 0.228 e. The monoisotopic (exact) mass is 464 g/mol. The van der Waals surface area contributed by atoms with E-state index in [4.69, 9.17) is 24.4 Å². The van der Waals surface area contributed by atoms with Crippen LogP contribution in [0.2, 0.25) is 0 Å². The zero-order chi connectivity index (χ0) is 23.7. The molecule has 0 saturated carbocycles. The number of benzene rings is 2. The van der Waals surface area contributed by atoms with Gasteiger partial charge in [-0.05, 0) is 23.8 Å². The van der Waals surface area contributed by atoms with Crippen LogP contribution in [0.4, 0.5) is 0 Å². The Balaban J connectivity index is 1.59. The first-order valence-corrected chi connectivity index (χ1v) is 11.3. The lowest BCUT2D eigenvalue weighted by atomic mass is 9.83. The maximum Gasteiger partial charge on any atom is 0.228 e. The Labute approximate surface area is 197 Å². The first-order valence-electron chi connectivity index (χ1n) is 11.3. The zero-order valence-electron chi connectivity index (χ0n) is 19.3. The molecule has 1 fully saturated rings. The topological polar surface area (TPSA) is 102 Å². The van der Waals surface area contributed by atoms with Crippen molar-refractivity contribution in [1.29, 1.82) is 5.41 Å². The third kappa shape index (κ3) is 4.08. The first kappa shape index (κ1) is 22.2. The van der Waals surface area contributed by atoms with Gasteiger partial charge in [0.2, 0.25) is 5.88 Å². The summed E-state index contributed by atoms with van der Waals surface area (Å²) in [4.78, 5) is 6.89. The molecule has 34 heavy (non-hydrogen) atoms. The highest BCUT2D eigenvalue weighted by atomic mass is 16.5. The highest BCUT2D eigenvalue weighted by Crippen LogP contribution is 2.47. The molecule has 9 heteroatoms. The van der Waals surface area contributed by atoms with Gasteiger partial charge in [0.05, 0.1) is 33.0 Å². The summed E-state index contributed by atoms with van der Waals surface area (Å²) >= 11 is 0. The van der Waals surface area contributed by atoms with Crippen LogP contribution in [0.3, 0.4) is 0 Å². The Bertz CT molecular complexity index is 1250. The summed E-state index contributed by atoms with van der Waals surface area (Å²) in [6, 6.07) is 10.8. The van der Waals surface area contributed by atoms with E-state index in [-0.39, 0.29) is 11.7 Å². The number of nitrogens with zero attached hydrogens (tertiary/aromatic N) is 3. The number of nitrogens with one attached hydrogen (secondary N) is 1. The molecule has 1 saturated heterocycles. The number of hydrogen-bond donors (Lipinski definition) is 2. The van der Waals surface area contributed by atoms with Crippen LogP contribution in [-0.4, -0.2) is 66.6 Å². The van der Waals surface area contributed by atoms with Crippen LogP contribution >= 0.6 is 0 Å². The van der Waals surface area contributed by atoms with Crippen molar-refractivity contribution in [2.75, 3.05) is 47.1 Å². The number of fused-ring (bicyclic) bond motifs is 2. The molecule has 0 spiro atoms. The fraction of sp³-hybridized carbons (Fsp3) is 0.360. The second kappa shape index (κ2) is 9.36. The summed E-state index contributed by atoms with van der Waals surface area (Å²) in [7, 11) is 3.20. The van der Waals surface area contributed by atoms with Gasteiger partial charge in [0.1, 0.15) is 23.3 Å². The van der Waals surface area contributed by atoms with Crippen LogP contribution < -0.4 is 19.7 Å². The van der Waals surface area contributed by atoms with Crippen molar-refractivity contribution >= 4 is 0 Å². The number of ether oxygens (including phenoxy) is 4. The zero-order valence-corrected chi connectivity index (χ0v) is 19.3. The van der Waals surface area contributed by atoms with E-state index in [1.165, 1.54) is 0 Å². The summed E-state index contributed by atoms with van der Waals surface area (Å²) in [6.07, 6.45) is 1.65. The molecule has 1 atom stereocenters. The molecule has 5 rings (SSSR count). The van der Waals surface area contributed by atoms with Gasteiger partial charge in [-0.3, -0.25) is 10.3 Å². The SMILES string of the molecule is COc1ccc([C@H]2c3ccc(O)cc3Oc3ncn(CCN4CCOCC4)c(=N)c32)cc1OC. The summed E-state index contributed by atoms with van der Waals surface area (Å²) < 4.78 is 24.3. The lowest BCUT2D eigenvalue weighted by Gasteiger charge is -2.30. The molecular formula is C25H28N4O5. The van der Waals surface area contributed by atoms with E-state index in [9.17, 15) is 5.11 Å². The standard InChI is InChI=1S/C25H28N4O5/c1-31-19-6-3-16(13-21(19)32-2)22-18-5-4-17(30)14-20(18)34-25-23(22)24(26)29(15-27-25)8-7-28-9-11-33-12-10-28/h3-6,13-15,22,26,30H,7-12H2,1-2H3/t22-/m0/s1. The quantitative estimate of drug-likeness (QED) is 0.452. The van der Waals surface area contributed by atoms with Gasteiger partial charge in [-0.1, -0.05) is 12.1 Å². The van der Waals surface area contributed by atoms with E-state index >= 15 is 0 Å². The van der Waals surface area contributed by atoms with Gasteiger partial charge < -0.3 is 28.6 Å². The Hall–Kier alpha value is -3.56. The Morgan fingerprint density at radius 3 is 2.62 bits per heavy atom. The third-order valence-electron chi connectivity index (χ3n) is 6.39. The summed E-state index contributed by atoms with van der Waals surface area (Å²) in [6.45, 7) is 4.70. The average Bonchev–Trinajstić information content (AvgIpc) is 2.87. The molecule has 0 bridgehead atoms. The van der Waals surface area contributed by atoms with Gasteiger partial charge in [0, 0.05) is 43.7 Å². The van der Waals surface area contributed by atoms with Crippen LogP contribution in [0.25, 0.3) is 0 Å². The molecule has 2 N–H and O–H groups in total. The molecule has 0 aliphatic carbocycles. The van der Waals surface area contributed by atoms with Crippen LogP contribution in [0, 0.1) is 5.41 Å². The number of phenolic OH excluding ortho intramolecular Hbond substituents is 1. The number of methoxy groups -OCH3 is 2. The van der Waals surface area contributed by atoms with Crippen molar-refractivity contribution in [3.8, 4) is 28.9 Å². The van der Waals surface area contributed by atoms with E-state index < -0.39 is 0 Å². The van der Waals surface area contributed by atoms with Crippen molar-refractivity contribution < 1.29 is 24.1 Å². The summed E-state index contributed by atoms with van der Waals surface area (Å²) in [5.74, 6) is 1.90. The minimum absolute atomic E-state index is 0.107. The second-order valence-electron chi connectivity index (χ2n) is 8.33. The van der Waals surface area contributed by atoms with E-state index in [2.05, 4.69) is 9.88 Å². The Morgan fingerprint density at radius 2 is 1.85 bits per heavy atom. The van der Waals surface area contributed by atoms with E-state index in [0.29, 0.717) is 40.7 Å². The van der Waals surface area contributed by atoms with Crippen molar-refractivity contribution in [2.45, 2.75) is 12.5 Å². The number of phenols is 1. The summed E-state index contributed by atoms with van der Waals surface area (Å²) in [5, 5.41) is 19.1. The molecule has 0 amide bonds. The lowest BCUT2D eigenvalue weighted by Crippen LogP contribution is -2.40. The van der Waals surface area contributed by atoms with Gasteiger partial charge in [-0.2, -0.15) is 0 Å². The second-order valence-corrected chi connectivity index (χ2v) is 8.33. The van der Waals surface area contributed by atoms with Crippen molar-refractivity contribution in [1.82, 2.24) is 14.5 Å². The normalized spacial score (nSPS) is 17.4. The van der Waals surface area contributed by atoms with Crippen LogP contribution in [-0.2, 0) is 11.3 Å². The maximum atomic E-state index is 10.0. The minimum Gasteiger partial charge on any atom is -0.508 e. The van der Waals surface area contributed by atoms with Gasteiger partial charge in [-0.15, -0.1) is 0 Å². The van der Waals surface area contributed by atoms with Gasteiger partial charge in [-0.25, -0.2) is 4.98 Å². The molecule has 2 aliphatic heterocycles. The molecule has 1 aromatic heterocycles. The molecule has 178 valence electrons. The van der Waals surface area contributed by atoms with Gasteiger partial charge in [0.15, 0.2) is 11.5 Å². The number of aromatic nitrogens is 2. The number of rotatable bonds is 6. The fourth-order valence-corrected chi connectivity index (χ4v) is 4.58. The van der Waals surface area contributed by atoms with Gasteiger partial charge >= 0.3 is 0 Å². The molecule has 2 aromatic carbocycles. The summed E-state index contributed by atoms with van der Waals surface area (Å²) in [5.41, 5.74) is 2.78.